The van der Waals surface area contributed by atoms with Crippen LogP contribution in [-0.4, -0.2) is 25.0 Å². The minimum atomic E-state index is -2.86. The van der Waals surface area contributed by atoms with Crippen molar-refractivity contribution < 1.29 is 8.42 Å². The molecule has 1 rings (SSSR count). The Morgan fingerprint density at radius 2 is 2.20 bits per heavy atom. The first kappa shape index (κ1) is 12.3. The molecule has 1 atom stereocenters. The molecule has 0 aliphatic heterocycles. The van der Waals surface area contributed by atoms with Crippen LogP contribution in [0.5, 0.6) is 0 Å². The van der Waals surface area contributed by atoms with E-state index < -0.39 is 9.84 Å². The zero-order valence-electron chi connectivity index (χ0n) is 9.18. The first-order chi connectivity index (χ1) is 6.90. The van der Waals surface area contributed by atoms with Crippen LogP contribution in [-0.2, 0) is 16.4 Å². The molecule has 1 heterocycles. The van der Waals surface area contributed by atoms with Crippen LogP contribution < -0.4 is 5.73 Å². The van der Waals surface area contributed by atoms with Gasteiger partial charge >= 0.3 is 0 Å². The first-order valence-corrected chi connectivity index (χ1v) is 7.04. The topological polar surface area (TPSA) is 65.1 Å². The fourth-order valence-electron chi connectivity index (χ4n) is 1.54. The molecule has 1 aromatic heterocycles. The van der Waals surface area contributed by atoms with Crippen LogP contribution in [0.15, 0.2) is 18.3 Å². The largest absolute Gasteiger partial charge is 0.350 e. The maximum absolute atomic E-state index is 10.9. The van der Waals surface area contributed by atoms with Crippen molar-refractivity contribution in [2.45, 2.75) is 25.9 Å². The molecule has 5 heteroatoms. The predicted molar refractivity (Wildman–Crippen MR) is 61.4 cm³/mol. The van der Waals surface area contributed by atoms with Gasteiger partial charge in [0.25, 0.3) is 0 Å². The highest BCUT2D eigenvalue weighted by Gasteiger charge is 2.06. The molecule has 2 N–H and O–H groups in total. The van der Waals surface area contributed by atoms with Crippen molar-refractivity contribution in [1.82, 2.24) is 4.57 Å². The molecular formula is C10H18N2O2S. The van der Waals surface area contributed by atoms with Gasteiger partial charge in [0, 0.05) is 30.7 Å². The van der Waals surface area contributed by atoms with Crippen LogP contribution in [0.2, 0.25) is 0 Å². The SMILES string of the molecule is CC(N)c1cccn1CCCS(C)(=O)=O. The quantitative estimate of drug-likeness (QED) is 0.818. The number of hydrogen-bond donors (Lipinski definition) is 1. The monoisotopic (exact) mass is 230 g/mol. The molecular weight excluding hydrogens is 212 g/mol. The number of rotatable bonds is 5. The molecule has 0 aliphatic carbocycles. The highest BCUT2D eigenvalue weighted by molar-refractivity contribution is 7.90. The number of aryl methyl sites for hydroxylation is 1. The summed E-state index contributed by atoms with van der Waals surface area (Å²) in [5.41, 5.74) is 6.82. The van der Waals surface area contributed by atoms with E-state index in [1.807, 2.05) is 29.8 Å². The van der Waals surface area contributed by atoms with Gasteiger partial charge in [0.05, 0.1) is 5.75 Å². The maximum atomic E-state index is 10.9. The van der Waals surface area contributed by atoms with Gasteiger partial charge in [-0.25, -0.2) is 8.42 Å². The average Bonchev–Trinajstić information content (AvgIpc) is 2.49. The summed E-state index contributed by atoms with van der Waals surface area (Å²) < 4.78 is 23.9. The lowest BCUT2D eigenvalue weighted by Crippen LogP contribution is -2.13. The van der Waals surface area contributed by atoms with Gasteiger partial charge in [-0.15, -0.1) is 0 Å². The van der Waals surface area contributed by atoms with E-state index in [1.165, 1.54) is 6.26 Å². The summed E-state index contributed by atoms with van der Waals surface area (Å²) in [6.07, 6.45) is 3.82. The second kappa shape index (κ2) is 4.81. The smallest absolute Gasteiger partial charge is 0.147 e. The van der Waals surface area contributed by atoms with Gasteiger partial charge in [0.1, 0.15) is 9.84 Å². The summed E-state index contributed by atoms with van der Waals surface area (Å²) in [4.78, 5) is 0. The zero-order chi connectivity index (χ0) is 11.5. The molecule has 4 nitrogen and oxygen atoms in total. The van der Waals surface area contributed by atoms with Crippen LogP contribution in [0, 0.1) is 0 Å². The fourth-order valence-corrected chi connectivity index (χ4v) is 2.19. The number of nitrogens with two attached hydrogens (primary N) is 1. The van der Waals surface area contributed by atoms with E-state index in [4.69, 9.17) is 5.73 Å². The lowest BCUT2D eigenvalue weighted by Gasteiger charge is -2.11. The summed E-state index contributed by atoms with van der Waals surface area (Å²) in [6, 6.07) is 3.88. The Hall–Kier alpha value is -0.810. The van der Waals surface area contributed by atoms with Crippen LogP contribution >= 0.6 is 0 Å². The number of nitrogens with zero attached hydrogens (tertiary/aromatic N) is 1. The summed E-state index contributed by atoms with van der Waals surface area (Å²) in [5.74, 6) is 0.226. The van der Waals surface area contributed by atoms with Crippen molar-refractivity contribution in [1.29, 1.82) is 0 Å². The van der Waals surface area contributed by atoms with Gasteiger partial charge in [-0.2, -0.15) is 0 Å². The van der Waals surface area contributed by atoms with Crippen molar-refractivity contribution in [2.75, 3.05) is 12.0 Å². The van der Waals surface area contributed by atoms with E-state index in [2.05, 4.69) is 0 Å². The second-order valence-electron chi connectivity index (χ2n) is 3.90. The normalized spacial score (nSPS) is 14.1. The predicted octanol–water partition coefficient (Wildman–Crippen LogP) is 0.943. The highest BCUT2D eigenvalue weighted by atomic mass is 32.2. The number of hydrogen-bond acceptors (Lipinski definition) is 3. The van der Waals surface area contributed by atoms with Gasteiger partial charge < -0.3 is 10.3 Å². The summed E-state index contributed by atoms with van der Waals surface area (Å²) >= 11 is 0. The van der Waals surface area contributed by atoms with Crippen molar-refractivity contribution >= 4 is 9.84 Å². The minimum Gasteiger partial charge on any atom is -0.350 e. The fraction of sp³-hybridized carbons (Fsp3) is 0.600. The summed E-state index contributed by atoms with van der Waals surface area (Å²) in [6.45, 7) is 2.62. The molecule has 0 radical (unpaired) electrons. The van der Waals surface area contributed by atoms with E-state index in [1.54, 1.807) is 0 Å². The Kier molecular flexibility index (Phi) is 3.93. The Labute approximate surface area is 91.0 Å². The summed E-state index contributed by atoms with van der Waals surface area (Å²) in [7, 11) is -2.86. The third-order valence-electron chi connectivity index (χ3n) is 2.25. The molecule has 1 aromatic rings. The number of sulfone groups is 1. The van der Waals surface area contributed by atoms with Crippen molar-refractivity contribution in [3.8, 4) is 0 Å². The van der Waals surface area contributed by atoms with Crippen molar-refractivity contribution in [2.24, 2.45) is 5.73 Å². The molecule has 86 valence electrons. The van der Waals surface area contributed by atoms with Crippen molar-refractivity contribution in [3.63, 3.8) is 0 Å². The summed E-state index contributed by atoms with van der Waals surface area (Å²) in [5, 5.41) is 0. The van der Waals surface area contributed by atoms with E-state index in [0.29, 0.717) is 13.0 Å². The van der Waals surface area contributed by atoms with Gasteiger partial charge in [0.15, 0.2) is 0 Å². The molecule has 0 aromatic carbocycles. The third kappa shape index (κ3) is 4.05. The van der Waals surface area contributed by atoms with Crippen molar-refractivity contribution in [3.05, 3.63) is 24.0 Å². The lowest BCUT2D eigenvalue weighted by molar-refractivity contribution is 0.583. The number of aromatic nitrogens is 1. The van der Waals surface area contributed by atoms with E-state index >= 15 is 0 Å². The van der Waals surface area contributed by atoms with E-state index in [0.717, 1.165) is 5.69 Å². The standard InChI is InChI=1S/C10H18N2O2S/c1-9(11)10-5-3-6-12(10)7-4-8-15(2,13)14/h3,5-6,9H,4,7-8,11H2,1-2H3. The molecule has 0 aliphatic rings. The molecule has 15 heavy (non-hydrogen) atoms. The van der Waals surface area contributed by atoms with Crippen LogP contribution in [0.3, 0.4) is 0 Å². The molecule has 0 fully saturated rings. The zero-order valence-corrected chi connectivity index (χ0v) is 10.00. The molecule has 0 saturated carbocycles. The Morgan fingerprint density at radius 1 is 1.53 bits per heavy atom. The molecule has 0 amide bonds. The highest BCUT2D eigenvalue weighted by Crippen LogP contribution is 2.11. The van der Waals surface area contributed by atoms with Gasteiger partial charge in [-0.3, -0.25) is 0 Å². The Bertz CT molecular complexity index is 407. The van der Waals surface area contributed by atoms with Gasteiger partial charge in [-0.1, -0.05) is 0 Å². The Balaban J connectivity index is 2.54. The van der Waals surface area contributed by atoms with Gasteiger partial charge in [-0.05, 0) is 25.5 Å². The minimum absolute atomic E-state index is 0.0155. The van der Waals surface area contributed by atoms with Crippen LogP contribution in [0.1, 0.15) is 25.1 Å². The van der Waals surface area contributed by atoms with Gasteiger partial charge in [0.2, 0.25) is 0 Å². The third-order valence-corrected chi connectivity index (χ3v) is 3.28. The molecule has 1 unspecified atom stereocenters. The Morgan fingerprint density at radius 3 is 2.73 bits per heavy atom. The second-order valence-corrected chi connectivity index (χ2v) is 6.16. The molecule has 0 spiro atoms. The maximum Gasteiger partial charge on any atom is 0.147 e. The van der Waals surface area contributed by atoms with E-state index in [-0.39, 0.29) is 11.8 Å². The average molecular weight is 230 g/mol. The molecule has 0 saturated heterocycles. The lowest BCUT2D eigenvalue weighted by atomic mass is 10.2. The molecule has 0 bridgehead atoms. The first-order valence-electron chi connectivity index (χ1n) is 4.98. The van der Waals surface area contributed by atoms with E-state index in [9.17, 15) is 8.42 Å². The van der Waals surface area contributed by atoms with Crippen LogP contribution in [0.25, 0.3) is 0 Å². The van der Waals surface area contributed by atoms with Crippen LogP contribution in [0.4, 0.5) is 0 Å².